The van der Waals surface area contributed by atoms with Crippen LogP contribution in [0.4, 0.5) is 0 Å². The molecule has 3 aliphatic carbocycles. The van der Waals surface area contributed by atoms with Crippen molar-refractivity contribution in [3.63, 3.8) is 0 Å². The number of benzene rings is 2. The summed E-state index contributed by atoms with van der Waals surface area (Å²) in [5.74, 6) is -9.59. The molecule has 1 heterocycles. The molecule has 2 aromatic carbocycles. The normalized spacial score (nSPS) is 32.7. The molecule has 246 valence electrons. The van der Waals surface area contributed by atoms with Gasteiger partial charge in [0.2, 0.25) is 11.7 Å². The van der Waals surface area contributed by atoms with E-state index in [1.807, 2.05) is 18.2 Å². The van der Waals surface area contributed by atoms with Crippen LogP contribution in [0.5, 0.6) is 11.5 Å². The predicted molar refractivity (Wildman–Crippen MR) is 167 cm³/mol. The summed E-state index contributed by atoms with van der Waals surface area (Å²) in [7, 11) is 4.56. The monoisotopic (exact) mass is 635 g/mol. The molecular weight excluding hydrogens is 594 g/mol. The van der Waals surface area contributed by atoms with Crippen molar-refractivity contribution in [1.29, 1.82) is 0 Å². The van der Waals surface area contributed by atoms with Crippen molar-refractivity contribution in [3.05, 3.63) is 52.6 Å². The number of amides is 1. The molecule has 1 saturated heterocycles. The Kier molecular flexibility index (Phi) is 8.01. The number of nitrogens with two attached hydrogens (primary N) is 1. The molecule has 0 aromatic heterocycles. The van der Waals surface area contributed by atoms with Gasteiger partial charge in [-0.1, -0.05) is 25.1 Å². The topological polar surface area (TPSA) is 194 Å². The van der Waals surface area contributed by atoms with Crippen molar-refractivity contribution in [2.24, 2.45) is 23.5 Å². The number of hydrogen-bond donors (Lipinski definition) is 6. The van der Waals surface area contributed by atoms with Crippen molar-refractivity contribution >= 4 is 23.2 Å². The number of phenolic OH excluding ortho intramolecular Hbond substituents is 1. The minimum Gasteiger partial charge on any atom is -0.507 e. The maximum atomic E-state index is 14.3. The van der Waals surface area contributed by atoms with Gasteiger partial charge in [0, 0.05) is 41.1 Å². The lowest BCUT2D eigenvalue weighted by Gasteiger charge is -2.56. The van der Waals surface area contributed by atoms with Crippen LogP contribution < -0.4 is 10.5 Å². The van der Waals surface area contributed by atoms with E-state index in [1.54, 1.807) is 19.1 Å². The van der Waals surface area contributed by atoms with Crippen LogP contribution in [0, 0.1) is 17.8 Å². The largest absolute Gasteiger partial charge is 0.507 e. The number of ketones is 2. The number of methoxy groups -OCH3 is 1. The van der Waals surface area contributed by atoms with E-state index in [0.29, 0.717) is 29.0 Å². The number of Topliss-reactive ketones (excluding diaryl/α,β-unsaturated/α-hetero) is 2. The molecule has 0 bridgehead atoms. The highest BCUT2D eigenvalue weighted by atomic mass is 16.5. The number of likely N-dealkylation sites (tertiary alicyclic amines) is 1. The molecular formula is C34H41N3O9. The zero-order chi connectivity index (χ0) is 33.4. The lowest BCUT2D eigenvalue weighted by atomic mass is 9.51. The second-order valence-electron chi connectivity index (χ2n) is 13.3. The first kappa shape index (κ1) is 32.1. The Morgan fingerprint density at radius 1 is 1.07 bits per heavy atom. The molecule has 6 rings (SSSR count). The van der Waals surface area contributed by atoms with Crippen LogP contribution in [0.25, 0.3) is 16.9 Å². The van der Waals surface area contributed by atoms with Crippen LogP contribution in [-0.2, 0) is 20.9 Å². The molecule has 4 aliphatic rings. The molecule has 12 heteroatoms. The Balaban J connectivity index is 1.51. The SMILES string of the molecule is COc1ccc(CN2CCCC2)cc1-c1ccc2c(c1O)C(O)=C1C(=O)[C@]3(O)C(=O)C(C(N)=O)C(O)[C@@H](N(C)C)[C@@H]3[C@@H](O)[C@@H]1[C@H]2C. The molecule has 2 saturated carbocycles. The van der Waals surface area contributed by atoms with Crippen LogP contribution in [0.1, 0.15) is 42.4 Å². The quantitative estimate of drug-likeness (QED) is 0.247. The minimum absolute atomic E-state index is 0.0650. The summed E-state index contributed by atoms with van der Waals surface area (Å²) < 4.78 is 5.62. The highest BCUT2D eigenvalue weighted by Gasteiger charge is 2.71. The van der Waals surface area contributed by atoms with Gasteiger partial charge in [-0.25, -0.2) is 0 Å². The summed E-state index contributed by atoms with van der Waals surface area (Å²) in [4.78, 5) is 44.1. The number of likely N-dealkylation sites (N-methyl/N-ethyl adjacent to an activating group) is 1. The van der Waals surface area contributed by atoms with E-state index in [2.05, 4.69) is 4.90 Å². The molecule has 1 amide bonds. The van der Waals surface area contributed by atoms with Gasteiger partial charge in [0.25, 0.3) is 0 Å². The second kappa shape index (κ2) is 11.5. The highest BCUT2D eigenvalue weighted by Crippen LogP contribution is 2.57. The van der Waals surface area contributed by atoms with Gasteiger partial charge in [0.1, 0.15) is 23.2 Å². The number of nitrogens with zero attached hydrogens (tertiary/aromatic N) is 2. The average Bonchev–Trinajstić information content (AvgIpc) is 3.51. The van der Waals surface area contributed by atoms with Gasteiger partial charge >= 0.3 is 0 Å². The first-order valence-corrected chi connectivity index (χ1v) is 15.6. The smallest absolute Gasteiger partial charge is 0.230 e. The Labute approximate surface area is 266 Å². The summed E-state index contributed by atoms with van der Waals surface area (Å²) in [6.45, 7) is 4.42. The number of fused-ring (bicyclic) bond motifs is 3. The van der Waals surface area contributed by atoms with Crippen LogP contribution in [0.3, 0.4) is 0 Å². The Morgan fingerprint density at radius 2 is 1.74 bits per heavy atom. The Hall–Kier alpha value is -3.81. The summed E-state index contributed by atoms with van der Waals surface area (Å²) >= 11 is 0. The van der Waals surface area contributed by atoms with E-state index >= 15 is 0 Å². The Bertz CT molecular complexity index is 1650. The molecule has 46 heavy (non-hydrogen) atoms. The van der Waals surface area contributed by atoms with E-state index in [0.717, 1.165) is 31.5 Å². The fraction of sp³-hybridized carbons (Fsp3) is 0.500. The molecule has 12 nitrogen and oxygen atoms in total. The van der Waals surface area contributed by atoms with Gasteiger partial charge in [0.05, 0.1) is 24.9 Å². The summed E-state index contributed by atoms with van der Waals surface area (Å²) in [5.41, 5.74) is 4.32. The fourth-order valence-corrected chi connectivity index (χ4v) is 8.46. The number of carbonyl (C=O) groups is 3. The summed E-state index contributed by atoms with van der Waals surface area (Å²) in [6, 6.07) is 7.87. The molecule has 7 N–H and O–H groups in total. The third-order valence-corrected chi connectivity index (χ3v) is 10.7. The van der Waals surface area contributed by atoms with E-state index in [4.69, 9.17) is 10.5 Å². The maximum absolute atomic E-state index is 14.3. The lowest BCUT2D eigenvalue weighted by molar-refractivity contribution is -0.199. The Morgan fingerprint density at radius 3 is 2.35 bits per heavy atom. The van der Waals surface area contributed by atoms with Gasteiger partial charge in [-0.3, -0.25) is 19.3 Å². The summed E-state index contributed by atoms with van der Waals surface area (Å²) in [6.07, 6.45) is -1.06. The molecule has 3 fully saturated rings. The number of ether oxygens (including phenoxy) is 1. The number of rotatable bonds is 6. The minimum atomic E-state index is -2.98. The van der Waals surface area contributed by atoms with Crippen LogP contribution in [-0.4, -0.2) is 111 Å². The molecule has 2 unspecified atom stereocenters. The lowest BCUT2D eigenvalue weighted by Crippen LogP contribution is -2.76. The van der Waals surface area contributed by atoms with E-state index < -0.39 is 76.3 Å². The van der Waals surface area contributed by atoms with Crippen LogP contribution in [0.2, 0.25) is 0 Å². The van der Waals surface area contributed by atoms with Gasteiger partial charge < -0.3 is 40.9 Å². The number of phenols is 1. The molecule has 8 atom stereocenters. The second-order valence-corrected chi connectivity index (χ2v) is 13.3. The number of primary amides is 1. The number of hydrogen-bond acceptors (Lipinski definition) is 11. The first-order chi connectivity index (χ1) is 21.7. The van der Waals surface area contributed by atoms with Crippen molar-refractivity contribution in [2.45, 2.75) is 56.1 Å². The van der Waals surface area contributed by atoms with Gasteiger partial charge in [-0.2, -0.15) is 0 Å². The zero-order valence-corrected chi connectivity index (χ0v) is 26.3. The van der Waals surface area contributed by atoms with Crippen LogP contribution >= 0.6 is 0 Å². The number of aromatic hydroxyl groups is 1. The van der Waals surface area contributed by atoms with Gasteiger partial charge in [0.15, 0.2) is 11.4 Å². The standard InChI is InChI=1S/C34H41N3O9/c1-15-17-8-9-18(19-13-16(7-10-20(19)46-4)14-37-11-5-6-12-37)27(38)22(17)28(39)23-21(15)29(40)25-26(36(2)3)30(41)24(33(35)44)32(43)34(25,45)31(23)42/h7-10,13,15,21,24-26,29-30,38-41,45H,5-6,11-12,14H2,1-4H3,(H2,35,44)/t15-,21+,24?,25+,26-,29-,30?,34-/m0/s1. The van der Waals surface area contributed by atoms with Crippen molar-refractivity contribution in [3.8, 4) is 22.6 Å². The zero-order valence-electron chi connectivity index (χ0n) is 26.3. The van der Waals surface area contributed by atoms with Crippen molar-refractivity contribution in [1.82, 2.24) is 9.80 Å². The van der Waals surface area contributed by atoms with Crippen molar-refractivity contribution in [2.75, 3.05) is 34.3 Å². The van der Waals surface area contributed by atoms with E-state index in [9.17, 15) is 39.9 Å². The predicted octanol–water partition coefficient (Wildman–Crippen LogP) is 0.932. The number of aliphatic hydroxyl groups is 4. The van der Waals surface area contributed by atoms with E-state index in [1.165, 1.54) is 26.1 Å². The van der Waals surface area contributed by atoms with Crippen molar-refractivity contribution < 1.29 is 44.7 Å². The van der Waals surface area contributed by atoms with Crippen LogP contribution in [0.15, 0.2) is 35.9 Å². The van der Waals surface area contributed by atoms with E-state index in [-0.39, 0.29) is 11.3 Å². The molecule has 0 radical (unpaired) electrons. The summed E-state index contributed by atoms with van der Waals surface area (Å²) in [5, 5.41) is 58.4. The third kappa shape index (κ3) is 4.49. The molecule has 2 aromatic rings. The number of carbonyl (C=O) groups excluding carboxylic acids is 3. The molecule has 1 aliphatic heterocycles. The highest BCUT2D eigenvalue weighted by molar-refractivity contribution is 6.25. The van der Waals surface area contributed by atoms with Gasteiger partial charge in [-0.15, -0.1) is 0 Å². The van der Waals surface area contributed by atoms with Gasteiger partial charge in [-0.05, 0) is 69.2 Å². The third-order valence-electron chi connectivity index (χ3n) is 10.7. The first-order valence-electron chi connectivity index (χ1n) is 15.6. The number of aliphatic hydroxyl groups excluding tert-OH is 3. The average molecular weight is 636 g/mol. The maximum Gasteiger partial charge on any atom is 0.230 e. The fourth-order valence-electron chi connectivity index (χ4n) is 8.46. The molecule has 0 spiro atoms.